The number of rotatable bonds is 13. The Hall–Kier alpha value is -3.63. The van der Waals surface area contributed by atoms with Crippen molar-refractivity contribution in [2.24, 2.45) is 22.4 Å². The van der Waals surface area contributed by atoms with E-state index in [0.717, 1.165) is 5.56 Å². The van der Waals surface area contributed by atoms with Crippen LogP contribution in [0.1, 0.15) is 51.5 Å². The van der Waals surface area contributed by atoms with E-state index in [1.807, 2.05) is 44.2 Å². The molecule has 11 nitrogen and oxygen atoms in total. The number of carbonyl (C=O) groups is 4. The minimum absolute atomic E-state index is 0.0358. The lowest BCUT2D eigenvalue weighted by molar-refractivity contribution is -0.132. The van der Waals surface area contributed by atoms with Crippen LogP contribution in [0.3, 0.4) is 0 Å². The number of carbonyl (C=O) groups excluding carboxylic acids is 4. The molecular weight excluding hydrogens is 464 g/mol. The molecule has 0 radical (unpaired) electrons. The smallest absolute Gasteiger partial charge is 0.410 e. The Morgan fingerprint density at radius 3 is 2.56 bits per heavy atom. The lowest BCUT2D eigenvalue weighted by Crippen LogP contribution is -2.55. The number of benzene rings is 1. The molecule has 1 saturated heterocycles. The van der Waals surface area contributed by atoms with Crippen LogP contribution in [0, 0.1) is 5.92 Å². The van der Waals surface area contributed by atoms with Crippen molar-refractivity contribution >= 4 is 30.2 Å². The number of nitrogens with zero attached hydrogens (tertiary/aromatic N) is 2. The Morgan fingerprint density at radius 2 is 1.92 bits per heavy atom. The van der Waals surface area contributed by atoms with Gasteiger partial charge in [0.25, 0.3) is 0 Å². The van der Waals surface area contributed by atoms with Crippen LogP contribution in [-0.4, -0.2) is 66.3 Å². The summed E-state index contributed by atoms with van der Waals surface area (Å²) in [5.41, 5.74) is 11.4. The van der Waals surface area contributed by atoms with Crippen LogP contribution in [0.2, 0.25) is 0 Å². The van der Waals surface area contributed by atoms with Crippen LogP contribution in [0.25, 0.3) is 0 Å². The normalized spacial score (nSPS) is 16.6. The fourth-order valence-electron chi connectivity index (χ4n) is 4.01. The average Bonchev–Trinajstić information content (AvgIpc) is 3.34. The van der Waals surface area contributed by atoms with Gasteiger partial charge in [-0.3, -0.25) is 19.5 Å². The van der Waals surface area contributed by atoms with E-state index in [1.165, 1.54) is 4.90 Å². The van der Waals surface area contributed by atoms with Gasteiger partial charge >= 0.3 is 6.09 Å². The monoisotopic (exact) mass is 502 g/mol. The Labute approximate surface area is 212 Å². The number of aliphatic imine (C=N–C) groups is 1. The molecule has 2 rings (SSSR count). The minimum atomic E-state index is -0.847. The van der Waals surface area contributed by atoms with Gasteiger partial charge in [-0.15, -0.1) is 0 Å². The summed E-state index contributed by atoms with van der Waals surface area (Å²) in [5.74, 6) is -0.799. The third kappa shape index (κ3) is 9.55. The van der Waals surface area contributed by atoms with Crippen molar-refractivity contribution in [3.05, 3.63) is 35.9 Å². The first-order valence-corrected chi connectivity index (χ1v) is 12.3. The summed E-state index contributed by atoms with van der Waals surface area (Å²) in [4.78, 5) is 55.5. The average molecular weight is 503 g/mol. The fourth-order valence-corrected chi connectivity index (χ4v) is 4.01. The fraction of sp³-hybridized carbons (Fsp3) is 0.560. The largest absolute Gasteiger partial charge is 0.445 e. The van der Waals surface area contributed by atoms with E-state index in [4.69, 9.17) is 16.2 Å². The van der Waals surface area contributed by atoms with Crippen molar-refractivity contribution in [3.63, 3.8) is 0 Å². The number of nitrogens with two attached hydrogens (primary N) is 2. The summed E-state index contributed by atoms with van der Waals surface area (Å²) in [6.45, 7) is 4.71. The van der Waals surface area contributed by atoms with Gasteiger partial charge in [0.1, 0.15) is 25.0 Å². The number of guanidine groups is 1. The van der Waals surface area contributed by atoms with Gasteiger partial charge in [-0.2, -0.15) is 0 Å². The molecule has 6 N–H and O–H groups in total. The van der Waals surface area contributed by atoms with Gasteiger partial charge in [0.2, 0.25) is 11.8 Å². The van der Waals surface area contributed by atoms with Gasteiger partial charge in [-0.25, -0.2) is 4.79 Å². The Morgan fingerprint density at radius 1 is 1.19 bits per heavy atom. The number of nitrogens with one attached hydrogen (secondary N) is 2. The van der Waals surface area contributed by atoms with Crippen molar-refractivity contribution in [1.29, 1.82) is 0 Å². The van der Waals surface area contributed by atoms with Crippen LogP contribution in [0.4, 0.5) is 4.79 Å². The summed E-state index contributed by atoms with van der Waals surface area (Å²) in [6, 6.07) is 6.99. The quantitative estimate of drug-likeness (QED) is 0.135. The second-order valence-electron chi connectivity index (χ2n) is 9.28. The van der Waals surface area contributed by atoms with Crippen LogP contribution in [0.5, 0.6) is 0 Å². The maximum absolute atomic E-state index is 13.1. The van der Waals surface area contributed by atoms with Crippen molar-refractivity contribution < 1.29 is 23.9 Å². The second kappa shape index (κ2) is 14.7. The van der Waals surface area contributed by atoms with Crippen LogP contribution in [-0.2, 0) is 25.7 Å². The summed E-state index contributed by atoms with van der Waals surface area (Å²) in [7, 11) is 0. The molecule has 11 heteroatoms. The Kier molecular flexibility index (Phi) is 11.7. The number of aldehydes is 1. The highest BCUT2D eigenvalue weighted by Gasteiger charge is 2.37. The first kappa shape index (κ1) is 28.6. The standard InChI is InChI=1S/C25H38N6O5/c1-17(2)14-20(22(33)29-19(15-32)10-6-12-28-24(26)27)30-23(34)21-11-7-13-31(21)25(35)36-16-18-8-4-3-5-9-18/h3-5,8-9,15,17,19-21H,6-7,10-14,16H2,1-2H3,(H,29,33)(H,30,34)(H4,26,27,28)/t19-,20-,21-/m0/s1. The third-order valence-corrected chi connectivity index (χ3v) is 5.79. The number of likely N-dealkylation sites (tertiary alicyclic amines) is 1. The van der Waals surface area contributed by atoms with E-state index in [0.29, 0.717) is 51.5 Å². The Balaban J connectivity index is 1.96. The highest BCUT2D eigenvalue weighted by Crippen LogP contribution is 2.20. The molecule has 1 aromatic carbocycles. The summed E-state index contributed by atoms with van der Waals surface area (Å²) >= 11 is 0. The molecule has 1 aromatic rings. The molecule has 0 bridgehead atoms. The zero-order valence-corrected chi connectivity index (χ0v) is 21.0. The summed E-state index contributed by atoms with van der Waals surface area (Å²) < 4.78 is 5.40. The first-order chi connectivity index (χ1) is 17.2. The predicted molar refractivity (Wildman–Crippen MR) is 136 cm³/mol. The lowest BCUT2D eigenvalue weighted by atomic mass is 10.0. The highest BCUT2D eigenvalue weighted by atomic mass is 16.6. The van der Waals surface area contributed by atoms with E-state index in [-0.39, 0.29) is 18.5 Å². The van der Waals surface area contributed by atoms with Crippen molar-refractivity contribution in [1.82, 2.24) is 15.5 Å². The SMILES string of the molecule is CC(C)C[C@H](NC(=O)[C@@H]1CCCN1C(=O)OCc1ccccc1)C(=O)N[C@H](C=O)CCCN=C(N)N. The van der Waals surface area contributed by atoms with E-state index < -0.39 is 36.0 Å². The lowest BCUT2D eigenvalue weighted by Gasteiger charge is -2.27. The molecule has 0 saturated carbocycles. The van der Waals surface area contributed by atoms with E-state index in [2.05, 4.69) is 15.6 Å². The van der Waals surface area contributed by atoms with E-state index in [9.17, 15) is 19.2 Å². The van der Waals surface area contributed by atoms with Crippen molar-refractivity contribution in [3.8, 4) is 0 Å². The van der Waals surface area contributed by atoms with Crippen molar-refractivity contribution in [2.75, 3.05) is 13.1 Å². The molecular formula is C25H38N6O5. The molecule has 0 unspecified atom stereocenters. The number of amides is 3. The molecule has 0 spiro atoms. The number of hydrogen-bond donors (Lipinski definition) is 4. The van der Waals surface area contributed by atoms with Crippen LogP contribution >= 0.6 is 0 Å². The van der Waals surface area contributed by atoms with Gasteiger partial charge in [-0.1, -0.05) is 44.2 Å². The summed E-state index contributed by atoms with van der Waals surface area (Å²) in [5, 5.41) is 5.48. The zero-order valence-electron chi connectivity index (χ0n) is 21.0. The van der Waals surface area contributed by atoms with Crippen molar-refractivity contribution in [2.45, 2.75) is 70.7 Å². The zero-order chi connectivity index (χ0) is 26.5. The molecule has 0 aliphatic carbocycles. The van der Waals surface area contributed by atoms with Gasteiger partial charge in [-0.05, 0) is 43.6 Å². The number of hydrogen-bond acceptors (Lipinski definition) is 6. The molecule has 3 atom stereocenters. The molecule has 0 aromatic heterocycles. The van der Waals surface area contributed by atoms with E-state index in [1.54, 1.807) is 0 Å². The molecule has 1 fully saturated rings. The topological polar surface area (TPSA) is 169 Å². The number of ether oxygens (including phenoxy) is 1. The molecule has 1 aliphatic rings. The summed E-state index contributed by atoms with van der Waals surface area (Å²) in [6.07, 6.45) is 2.46. The van der Waals surface area contributed by atoms with Crippen LogP contribution in [0.15, 0.2) is 35.3 Å². The highest BCUT2D eigenvalue weighted by molar-refractivity contribution is 5.92. The third-order valence-electron chi connectivity index (χ3n) is 5.79. The molecule has 198 valence electrons. The first-order valence-electron chi connectivity index (χ1n) is 12.3. The Bertz CT molecular complexity index is 903. The molecule has 1 aliphatic heterocycles. The van der Waals surface area contributed by atoms with E-state index >= 15 is 0 Å². The van der Waals surface area contributed by atoms with Gasteiger partial charge < -0.3 is 31.6 Å². The molecule has 1 heterocycles. The molecule has 36 heavy (non-hydrogen) atoms. The predicted octanol–water partition coefficient (Wildman–Crippen LogP) is 1.06. The van der Waals surface area contributed by atoms with Gasteiger partial charge in [0.05, 0.1) is 6.04 Å². The maximum Gasteiger partial charge on any atom is 0.410 e. The van der Waals surface area contributed by atoms with Crippen LogP contribution < -0.4 is 22.1 Å². The van der Waals surface area contributed by atoms with Gasteiger partial charge in [0, 0.05) is 13.1 Å². The molecule has 3 amide bonds. The van der Waals surface area contributed by atoms with Gasteiger partial charge in [0.15, 0.2) is 5.96 Å². The minimum Gasteiger partial charge on any atom is -0.445 e. The second-order valence-corrected chi connectivity index (χ2v) is 9.28. The maximum atomic E-state index is 13.1.